The molecule has 1 aliphatic rings. The molecule has 1 heterocycles. The Bertz CT molecular complexity index is 527. The number of aryl methyl sites for hydroxylation is 1. The number of carbonyl (C=O) groups excluding carboxylic acids is 1. The van der Waals surface area contributed by atoms with Crippen molar-refractivity contribution in [3.63, 3.8) is 0 Å². The van der Waals surface area contributed by atoms with Gasteiger partial charge in [0.2, 0.25) is 0 Å². The van der Waals surface area contributed by atoms with Gasteiger partial charge in [-0.2, -0.15) is 0 Å². The fraction of sp³-hybridized carbons (Fsp3) is 0.571. The number of aromatic nitrogens is 2. The molecule has 1 aromatic heterocycles. The molecule has 1 saturated carbocycles. The standard InChI is InChI=1S/C14H20N4O3/c1-10-15-7-4-11(18-10)8-16-13(21)17-9-14(12(19)20)5-2-3-6-14/h4,7H,2-3,5-6,8-9H2,1H3,(H,19,20)(H2,16,17,21). The van der Waals surface area contributed by atoms with Gasteiger partial charge >= 0.3 is 12.0 Å². The van der Waals surface area contributed by atoms with Crippen molar-refractivity contribution < 1.29 is 14.7 Å². The van der Waals surface area contributed by atoms with Crippen molar-refractivity contribution in [3.8, 4) is 0 Å². The average Bonchev–Trinajstić information content (AvgIpc) is 2.93. The zero-order valence-electron chi connectivity index (χ0n) is 12.1. The van der Waals surface area contributed by atoms with E-state index in [-0.39, 0.29) is 19.1 Å². The number of rotatable bonds is 5. The van der Waals surface area contributed by atoms with Gasteiger partial charge in [-0.05, 0) is 25.8 Å². The zero-order valence-corrected chi connectivity index (χ0v) is 12.1. The van der Waals surface area contributed by atoms with Gasteiger partial charge in [-0.25, -0.2) is 14.8 Å². The van der Waals surface area contributed by atoms with Crippen molar-refractivity contribution in [2.24, 2.45) is 5.41 Å². The summed E-state index contributed by atoms with van der Waals surface area (Å²) in [5.74, 6) is -0.183. The Morgan fingerprint density at radius 1 is 1.33 bits per heavy atom. The van der Waals surface area contributed by atoms with Gasteiger partial charge in [0.05, 0.1) is 17.7 Å². The summed E-state index contributed by atoms with van der Waals surface area (Å²) >= 11 is 0. The van der Waals surface area contributed by atoms with E-state index in [2.05, 4.69) is 20.6 Å². The van der Waals surface area contributed by atoms with Crippen molar-refractivity contribution in [1.82, 2.24) is 20.6 Å². The Morgan fingerprint density at radius 3 is 2.67 bits per heavy atom. The molecule has 1 aromatic rings. The molecular weight excluding hydrogens is 272 g/mol. The molecule has 1 fully saturated rings. The summed E-state index contributed by atoms with van der Waals surface area (Å²) in [6, 6.07) is 1.35. The predicted octanol–water partition coefficient (Wildman–Crippen LogP) is 1.23. The van der Waals surface area contributed by atoms with Crippen LogP contribution in [-0.2, 0) is 11.3 Å². The van der Waals surface area contributed by atoms with E-state index in [1.165, 1.54) is 0 Å². The zero-order chi connectivity index (χ0) is 15.3. The summed E-state index contributed by atoms with van der Waals surface area (Å²) in [6.45, 7) is 2.23. The molecule has 0 spiro atoms. The first-order valence-corrected chi connectivity index (χ1v) is 7.05. The molecule has 0 radical (unpaired) electrons. The van der Waals surface area contributed by atoms with Gasteiger partial charge in [0.1, 0.15) is 5.82 Å². The number of carbonyl (C=O) groups is 2. The smallest absolute Gasteiger partial charge is 0.315 e. The predicted molar refractivity (Wildman–Crippen MR) is 75.5 cm³/mol. The van der Waals surface area contributed by atoms with Gasteiger partial charge in [0.15, 0.2) is 0 Å². The number of amides is 2. The van der Waals surface area contributed by atoms with E-state index in [1.807, 2.05) is 0 Å². The number of carboxylic acids is 1. The molecule has 7 nitrogen and oxygen atoms in total. The Labute approximate surface area is 123 Å². The van der Waals surface area contributed by atoms with Gasteiger partial charge in [0, 0.05) is 12.7 Å². The molecule has 7 heteroatoms. The van der Waals surface area contributed by atoms with E-state index in [0.29, 0.717) is 24.4 Å². The van der Waals surface area contributed by atoms with Crippen LogP contribution in [-0.4, -0.2) is 33.6 Å². The maximum absolute atomic E-state index is 11.8. The van der Waals surface area contributed by atoms with E-state index < -0.39 is 11.4 Å². The lowest BCUT2D eigenvalue weighted by molar-refractivity contribution is -0.148. The minimum Gasteiger partial charge on any atom is -0.481 e. The Kier molecular flexibility index (Phi) is 4.72. The Hall–Kier alpha value is -2.18. The van der Waals surface area contributed by atoms with Crippen LogP contribution < -0.4 is 10.6 Å². The molecule has 2 rings (SSSR count). The number of hydrogen-bond acceptors (Lipinski definition) is 4. The summed E-state index contributed by atoms with van der Waals surface area (Å²) in [4.78, 5) is 31.3. The molecule has 114 valence electrons. The first-order chi connectivity index (χ1) is 10.0. The van der Waals surface area contributed by atoms with Gasteiger partial charge < -0.3 is 15.7 Å². The monoisotopic (exact) mass is 292 g/mol. The number of nitrogens with one attached hydrogen (secondary N) is 2. The number of nitrogens with zero attached hydrogens (tertiary/aromatic N) is 2. The van der Waals surface area contributed by atoms with Crippen LogP contribution in [0.5, 0.6) is 0 Å². The molecule has 0 aliphatic heterocycles. The second-order valence-corrected chi connectivity index (χ2v) is 5.42. The minimum atomic E-state index is -0.827. The third-order valence-corrected chi connectivity index (χ3v) is 3.87. The van der Waals surface area contributed by atoms with Crippen LogP contribution in [0.2, 0.25) is 0 Å². The van der Waals surface area contributed by atoms with Gasteiger partial charge in [0.25, 0.3) is 0 Å². The van der Waals surface area contributed by atoms with Crippen LogP contribution in [0.25, 0.3) is 0 Å². The largest absolute Gasteiger partial charge is 0.481 e. The van der Waals surface area contributed by atoms with E-state index in [0.717, 1.165) is 12.8 Å². The van der Waals surface area contributed by atoms with Crippen LogP contribution in [0.15, 0.2) is 12.3 Å². The lowest BCUT2D eigenvalue weighted by atomic mass is 9.86. The first-order valence-electron chi connectivity index (χ1n) is 7.05. The highest BCUT2D eigenvalue weighted by atomic mass is 16.4. The highest BCUT2D eigenvalue weighted by molar-refractivity contribution is 5.78. The van der Waals surface area contributed by atoms with Crippen LogP contribution in [0.1, 0.15) is 37.2 Å². The summed E-state index contributed by atoms with van der Waals surface area (Å²) in [7, 11) is 0. The highest BCUT2D eigenvalue weighted by Gasteiger charge is 2.41. The van der Waals surface area contributed by atoms with Crippen LogP contribution in [0.3, 0.4) is 0 Å². The van der Waals surface area contributed by atoms with Crippen LogP contribution in [0, 0.1) is 12.3 Å². The number of hydrogen-bond donors (Lipinski definition) is 3. The number of carboxylic acid groups (broad SMARTS) is 1. The Balaban J connectivity index is 1.81. The summed E-state index contributed by atoms with van der Waals surface area (Å²) in [5.41, 5.74) is -0.0884. The number of urea groups is 1. The second kappa shape index (κ2) is 6.51. The van der Waals surface area contributed by atoms with Crippen molar-refractivity contribution in [3.05, 3.63) is 23.8 Å². The summed E-state index contributed by atoms with van der Waals surface area (Å²) in [5, 5.41) is 14.7. The number of aliphatic carboxylic acids is 1. The van der Waals surface area contributed by atoms with Crippen molar-refractivity contribution in [2.75, 3.05) is 6.54 Å². The van der Waals surface area contributed by atoms with Crippen molar-refractivity contribution in [2.45, 2.75) is 39.2 Å². The molecule has 3 N–H and O–H groups in total. The third-order valence-electron chi connectivity index (χ3n) is 3.87. The summed E-state index contributed by atoms with van der Waals surface area (Å²) in [6.07, 6.45) is 4.67. The fourth-order valence-corrected chi connectivity index (χ4v) is 2.60. The second-order valence-electron chi connectivity index (χ2n) is 5.42. The lowest BCUT2D eigenvalue weighted by Crippen LogP contribution is -2.44. The SMILES string of the molecule is Cc1nccc(CNC(=O)NCC2(C(=O)O)CCCC2)n1. The quantitative estimate of drug-likeness (QED) is 0.757. The molecule has 0 bridgehead atoms. The van der Waals surface area contributed by atoms with Crippen LogP contribution >= 0.6 is 0 Å². The molecular formula is C14H20N4O3. The normalized spacial score (nSPS) is 16.4. The van der Waals surface area contributed by atoms with Gasteiger partial charge in [-0.15, -0.1) is 0 Å². The average molecular weight is 292 g/mol. The molecule has 21 heavy (non-hydrogen) atoms. The lowest BCUT2D eigenvalue weighted by Gasteiger charge is -2.23. The van der Waals surface area contributed by atoms with Gasteiger partial charge in [-0.1, -0.05) is 12.8 Å². The van der Waals surface area contributed by atoms with E-state index in [4.69, 9.17) is 0 Å². The summed E-state index contributed by atoms with van der Waals surface area (Å²) < 4.78 is 0. The van der Waals surface area contributed by atoms with E-state index >= 15 is 0 Å². The van der Waals surface area contributed by atoms with E-state index in [1.54, 1.807) is 19.2 Å². The molecule has 2 amide bonds. The first kappa shape index (κ1) is 15.2. The highest BCUT2D eigenvalue weighted by Crippen LogP contribution is 2.37. The maximum Gasteiger partial charge on any atom is 0.315 e. The van der Waals surface area contributed by atoms with Gasteiger partial charge in [-0.3, -0.25) is 4.79 Å². The topological polar surface area (TPSA) is 104 Å². The fourth-order valence-electron chi connectivity index (χ4n) is 2.60. The molecule has 0 unspecified atom stereocenters. The molecule has 1 aliphatic carbocycles. The molecule has 0 aromatic carbocycles. The van der Waals surface area contributed by atoms with Crippen molar-refractivity contribution in [1.29, 1.82) is 0 Å². The Morgan fingerprint density at radius 2 is 2.05 bits per heavy atom. The maximum atomic E-state index is 11.8. The molecule has 0 saturated heterocycles. The van der Waals surface area contributed by atoms with Crippen molar-refractivity contribution >= 4 is 12.0 Å². The van der Waals surface area contributed by atoms with E-state index in [9.17, 15) is 14.7 Å². The molecule has 0 atom stereocenters. The van der Waals surface area contributed by atoms with Crippen LogP contribution in [0.4, 0.5) is 4.79 Å². The minimum absolute atomic E-state index is 0.164. The third kappa shape index (κ3) is 3.90.